The van der Waals surface area contributed by atoms with Crippen molar-refractivity contribution in [3.8, 4) is 5.75 Å². The van der Waals surface area contributed by atoms with E-state index in [2.05, 4.69) is 11.8 Å². The van der Waals surface area contributed by atoms with Crippen LogP contribution in [-0.2, 0) is 14.3 Å². The summed E-state index contributed by atoms with van der Waals surface area (Å²) >= 11 is 0. The fourth-order valence-corrected chi connectivity index (χ4v) is 3.73. The van der Waals surface area contributed by atoms with E-state index in [4.69, 9.17) is 9.47 Å². The lowest BCUT2D eigenvalue weighted by molar-refractivity contribution is -0.138. The quantitative estimate of drug-likeness (QED) is 0.730. The van der Waals surface area contributed by atoms with E-state index < -0.39 is 0 Å². The molecule has 2 aliphatic heterocycles. The molecule has 0 aromatic heterocycles. The van der Waals surface area contributed by atoms with Gasteiger partial charge in [-0.3, -0.25) is 14.5 Å². The monoisotopic (exact) mass is 358 g/mol. The molecule has 1 saturated heterocycles. The number of imide groups is 1. The van der Waals surface area contributed by atoms with Crippen LogP contribution in [0, 0.1) is 5.92 Å². The van der Waals surface area contributed by atoms with Crippen molar-refractivity contribution in [1.82, 2.24) is 9.80 Å². The number of piperidine rings is 1. The highest BCUT2D eigenvalue weighted by Gasteiger charge is 2.42. The predicted molar refractivity (Wildman–Crippen MR) is 98.5 cm³/mol. The minimum atomic E-state index is -0.273. The number of carbonyl (C=O) groups excluding carboxylic acids is 2. The van der Waals surface area contributed by atoms with Crippen molar-refractivity contribution in [2.45, 2.75) is 19.8 Å². The minimum Gasteiger partial charge on any atom is -0.496 e. The normalized spacial score (nSPS) is 21.0. The minimum absolute atomic E-state index is 0.234. The largest absolute Gasteiger partial charge is 0.496 e. The fourth-order valence-electron chi connectivity index (χ4n) is 3.73. The first-order chi connectivity index (χ1) is 12.6. The summed E-state index contributed by atoms with van der Waals surface area (Å²) in [5.41, 5.74) is 1.61. The average molecular weight is 358 g/mol. The molecule has 0 N–H and O–H groups in total. The molecule has 3 rings (SSSR count). The Labute approximate surface area is 154 Å². The van der Waals surface area contributed by atoms with Gasteiger partial charge in [0.25, 0.3) is 11.8 Å². The Morgan fingerprint density at radius 2 is 1.92 bits per heavy atom. The SMILES string of the molecule is COCCN1C(=O)C(c2ccccc2OC)=C(N2CCCC(C)C2)C1=O. The standard InChI is InChI=1S/C20H26N2O4/c1-14-7-6-10-21(13-14)18-17(15-8-4-5-9-16(15)26-3)19(23)22(20(18)24)11-12-25-2/h4-5,8-9,14H,6-7,10-13H2,1-3H3. The van der Waals surface area contributed by atoms with E-state index in [-0.39, 0.29) is 18.4 Å². The van der Waals surface area contributed by atoms with Crippen LogP contribution in [-0.4, -0.2) is 62.1 Å². The second-order valence-electron chi connectivity index (χ2n) is 6.87. The van der Waals surface area contributed by atoms with Crippen molar-refractivity contribution in [2.24, 2.45) is 5.92 Å². The maximum Gasteiger partial charge on any atom is 0.277 e. The Balaban J connectivity index is 2.08. The van der Waals surface area contributed by atoms with Gasteiger partial charge < -0.3 is 14.4 Å². The van der Waals surface area contributed by atoms with Gasteiger partial charge in [0.15, 0.2) is 0 Å². The van der Waals surface area contributed by atoms with Crippen molar-refractivity contribution in [3.63, 3.8) is 0 Å². The van der Waals surface area contributed by atoms with Gasteiger partial charge in [0.1, 0.15) is 11.4 Å². The maximum atomic E-state index is 13.1. The van der Waals surface area contributed by atoms with Crippen LogP contribution in [0.2, 0.25) is 0 Å². The molecule has 0 saturated carbocycles. The van der Waals surface area contributed by atoms with Crippen molar-refractivity contribution in [2.75, 3.05) is 40.5 Å². The molecule has 1 aromatic rings. The number of benzene rings is 1. The van der Waals surface area contributed by atoms with Crippen molar-refractivity contribution in [3.05, 3.63) is 35.5 Å². The highest BCUT2D eigenvalue weighted by Crippen LogP contribution is 2.37. The second kappa shape index (κ2) is 7.91. The molecule has 0 radical (unpaired) electrons. The summed E-state index contributed by atoms with van der Waals surface area (Å²) in [7, 11) is 3.14. The Morgan fingerprint density at radius 3 is 2.62 bits per heavy atom. The number of hydrogen-bond donors (Lipinski definition) is 0. The Hall–Kier alpha value is -2.34. The average Bonchev–Trinajstić information content (AvgIpc) is 2.90. The summed E-state index contributed by atoms with van der Waals surface area (Å²) in [6.07, 6.45) is 2.16. The molecule has 2 aliphatic rings. The molecule has 140 valence electrons. The third kappa shape index (κ3) is 3.33. The lowest BCUT2D eigenvalue weighted by Gasteiger charge is -2.33. The Kier molecular flexibility index (Phi) is 5.61. The first-order valence-corrected chi connectivity index (χ1v) is 9.06. The topological polar surface area (TPSA) is 59.1 Å². The Morgan fingerprint density at radius 1 is 1.15 bits per heavy atom. The number of nitrogens with zero attached hydrogens (tertiary/aromatic N) is 2. The lowest BCUT2D eigenvalue weighted by Crippen LogP contribution is -2.40. The molecular weight excluding hydrogens is 332 g/mol. The third-order valence-electron chi connectivity index (χ3n) is 5.01. The molecular formula is C20H26N2O4. The van der Waals surface area contributed by atoms with E-state index in [0.29, 0.717) is 35.1 Å². The van der Waals surface area contributed by atoms with Crippen LogP contribution in [0.1, 0.15) is 25.3 Å². The highest BCUT2D eigenvalue weighted by atomic mass is 16.5. The second-order valence-corrected chi connectivity index (χ2v) is 6.87. The van der Waals surface area contributed by atoms with Gasteiger partial charge in [-0.2, -0.15) is 0 Å². The molecule has 2 amide bonds. The van der Waals surface area contributed by atoms with Crippen molar-refractivity contribution in [1.29, 1.82) is 0 Å². The van der Waals surface area contributed by atoms with Crippen LogP contribution >= 0.6 is 0 Å². The number of para-hydroxylation sites is 1. The lowest BCUT2D eigenvalue weighted by atomic mass is 9.97. The van der Waals surface area contributed by atoms with E-state index in [9.17, 15) is 9.59 Å². The van der Waals surface area contributed by atoms with Gasteiger partial charge in [-0.05, 0) is 24.8 Å². The summed E-state index contributed by atoms with van der Waals surface area (Å²) in [5.74, 6) is 0.581. The first kappa shape index (κ1) is 18.5. The van der Waals surface area contributed by atoms with Gasteiger partial charge in [-0.25, -0.2) is 0 Å². The van der Waals surface area contributed by atoms with Gasteiger partial charge in [0.05, 0.1) is 25.8 Å². The molecule has 1 atom stereocenters. The first-order valence-electron chi connectivity index (χ1n) is 9.06. The van der Waals surface area contributed by atoms with Gasteiger partial charge in [0.2, 0.25) is 0 Å². The van der Waals surface area contributed by atoms with Gasteiger partial charge in [-0.1, -0.05) is 25.1 Å². The predicted octanol–water partition coefficient (Wildman–Crippen LogP) is 2.15. The van der Waals surface area contributed by atoms with Crippen LogP contribution in [0.4, 0.5) is 0 Å². The zero-order valence-electron chi connectivity index (χ0n) is 15.7. The maximum absolute atomic E-state index is 13.1. The molecule has 26 heavy (non-hydrogen) atoms. The van der Waals surface area contributed by atoms with Crippen LogP contribution < -0.4 is 4.74 Å². The zero-order valence-corrected chi connectivity index (χ0v) is 15.7. The number of carbonyl (C=O) groups is 2. The number of methoxy groups -OCH3 is 2. The van der Waals surface area contributed by atoms with Crippen molar-refractivity contribution >= 4 is 17.4 Å². The molecule has 0 bridgehead atoms. The summed E-state index contributed by atoms with van der Waals surface area (Å²) in [5, 5.41) is 0. The fraction of sp³-hybridized carbons (Fsp3) is 0.500. The van der Waals surface area contributed by atoms with Gasteiger partial charge in [-0.15, -0.1) is 0 Å². The van der Waals surface area contributed by atoms with E-state index in [1.165, 1.54) is 4.90 Å². The summed E-state index contributed by atoms with van der Waals surface area (Å²) in [6, 6.07) is 7.37. The van der Waals surface area contributed by atoms with E-state index >= 15 is 0 Å². The zero-order chi connectivity index (χ0) is 18.7. The Bertz CT molecular complexity index is 728. The van der Waals surface area contributed by atoms with E-state index in [1.807, 2.05) is 24.3 Å². The number of likely N-dealkylation sites (tertiary alicyclic amines) is 1. The van der Waals surface area contributed by atoms with Crippen LogP contribution in [0.15, 0.2) is 30.0 Å². The molecule has 6 nitrogen and oxygen atoms in total. The number of hydrogen-bond acceptors (Lipinski definition) is 5. The molecule has 1 unspecified atom stereocenters. The molecule has 1 aromatic carbocycles. The smallest absolute Gasteiger partial charge is 0.277 e. The third-order valence-corrected chi connectivity index (χ3v) is 5.01. The summed E-state index contributed by atoms with van der Waals surface area (Å²) < 4.78 is 10.5. The number of ether oxygens (including phenoxy) is 2. The van der Waals surface area contributed by atoms with Gasteiger partial charge in [0, 0.05) is 25.8 Å². The van der Waals surface area contributed by atoms with Crippen molar-refractivity contribution < 1.29 is 19.1 Å². The van der Waals surface area contributed by atoms with E-state index in [1.54, 1.807) is 14.2 Å². The molecule has 1 fully saturated rings. The van der Waals surface area contributed by atoms with Gasteiger partial charge >= 0.3 is 0 Å². The molecule has 6 heteroatoms. The van der Waals surface area contributed by atoms with Crippen LogP contribution in [0.3, 0.4) is 0 Å². The molecule has 0 spiro atoms. The van der Waals surface area contributed by atoms with Crippen LogP contribution in [0.5, 0.6) is 5.75 Å². The molecule has 0 aliphatic carbocycles. The number of amides is 2. The molecule has 2 heterocycles. The number of rotatable bonds is 6. The summed E-state index contributed by atoms with van der Waals surface area (Å²) in [4.78, 5) is 29.6. The van der Waals surface area contributed by atoms with Crippen LogP contribution in [0.25, 0.3) is 5.57 Å². The van der Waals surface area contributed by atoms with E-state index in [0.717, 1.165) is 25.9 Å². The summed E-state index contributed by atoms with van der Waals surface area (Å²) in [6.45, 7) is 4.32. The highest BCUT2D eigenvalue weighted by molar-refractivity contribution is 6.36.